The molecule has 0 heterocycles. The van der Waals surface area contributed by atoms with Crippen LogP contribution in [0.2, 0.25) is 0 Å². The number of benzene rings is 4. The third-order valence-corrected chi connectivity index (χ3v) is 9.03. The van der Waals surface area contributed by atoms with E-state index in [4.69, 9.17) is 0 Å². The lowest BCUT2D eigenvalue weighted by Crippen LogP contribution is -2.25. The molecule has 1 unspecified atom stereocenters. The molecule has 3 heteroatoms. The van der Waals surface area contributed by atoms with E-state index in [1.54, 1.807) is 0 Å². The molecule has 0 aliphatic rings. The number of nitrogens with zero attached hydrogens (tertiary/aromatic N) is 1. The van der Waals surface area contributed by atoms with E-state index in [-0.39, 0.29) is 5.16 Å². The lowest BCUT2D eigenvalue weighted by atomic mass is 9.90. The average Bonchev–Trinajstić information content (AvgIpc) is 2.89. The van der Waals surface area contributed by atoms with Crippen molar-refractivity contribution in [2.24, 2.45) is 0 Å². The number of aryl methyl sites for hydroxylation is 1. The van der Waals surface area contributed by atoms with Crippen molar-refractivity contribution in [2.45, 2.75) is 45.3 Å². The highest BCUT2D eigenvalue weighted by atomic mass is 31.1. The Bertz CT molecular complexity index is 1160. The molecule has 0 bridgehead atoms. The van der Waals surface area contributed by atoms with E-state index in [9.17, 15) is 5.11 Å². The summed E-state index contributed by atoms with van der Waals surface area (Å²) < 4.78 is 0. The van der Waals surface area contributed by atoms with Gasteiger partial charge in [-0.3, -0.25) is 0 Å². The van der Waals surface area contributed by atoms with Crippen molar-refractivity contribution >= 4 is 25.3 Å². The molecule has 0 saturated heterocycles. The minimum Gasteiger partial charge on any atom is -0.507 e. The van der Waals surface area contributed by atoms with E-state index >= 15 is 0 Å². The second-order valence-electron chi connectivity index (χ2n) is 8.80. The summed E-state index contributed by atoms with van der Waals surface area (Å²) in [5.74, 6) is 0.450. The number of phenols is 1. The van der Waals surface area contributed by atoms with Crippen molar-refractivity contribution in [2.75, 3.05) is 4.90 Å². The highest BCUT2D eigenvalue weighted by molar-refractivity contribution is 7.48. The van der Waals surface area contributed by atoms with Crippen LogP contribution in [-0.4, -0.2) is 5.11 Å². The summed E-state index contributed by atoms with van der Waals surface area (Å²) in [5, 5.41) is 12.3. The topological polar surface area (TPSA) is 23.5 Å². The number of phenolic OH excluding ortho intramolecular Hbond substituents is 1. The first-order valence-electron chi connectivity index (χ1n) is 12.1. The second-order valence-corrected chi connectivity index (χ2v) is 10.5. The first kappa shape index (κ1) is 24.0. The predicted molar refractivity (Wildman–Crippen MR) is 148 cm³/mol. The minimum absolute atomic E-state index is 0.0868. The SMILES string of the molecule is CCC(CC)(Pc1ccccc1CN(c1ccccc1)c1ccccc1)c1cccc(C)c1O. The summed E-state index contributed by atoms with van der Waals surface area (Å²) in [7, 11) is 0.563. The van der Waals surface area contributed by atoms with Crippen LogP contribution in [0.5, 0.6) is 5.75 Å². The maximum absolute atomic E-state index is 11.0. The van der Waals surface area contributed by atoms with Crippen LogP contribution >= 0.6 is 8.58 Å². The van der Waals surface area contributed by atoms with Crippen LogP contribution in [0.15, 0.2) is 103 Å². The van der Waals surface area contributed by atoms with Gasteiger partial charge in [0, 0.05) is 28.6 Å². The smallest absolute Gasteiger partial charge is 0.122 e. The van der Waals surface area contributed by atoms with Crippen LogP contribution in [0, 0.1) is 6.92 Å². The van der Waals surface area contributed by atoms with Gasteiger partial charge >= 0.3 is 0 Å². The fraction of sp³-hybridized carbons (Fsp3) is 0.226. The second kappa shape index (κ2) is 10.9. The van der Waals surface area contributed by atoms with E-state index in [2.05, 4.69) is 116 Å². The maximum Gasteiger partial charge on any atom is 0.122 e. The molecular formula is C31H34NOP. The van der Waals surface area contributed by atoms with E-state index in [1.807, 2.05) is 13.0 Å². The Morgan fingerprint density at radius 2 is 1.26 bits per heavy atom. The number of rotatable bonds is 9. The monoisotopic (exact) mass is 467 g/mol. The van der Waals surface area contributed by atoms with Gasteiger partial charge in [0.15, 0.2) is 0 Å². The molecule has 0 aromatic heterocycles. The number of hydrogen-bond acceptors (Lipinski definition) is 2. The Balaban J connectivity index is 1.74. The van der Waals surface area contributed by atoms with Gasteiger partial charge in [0.2, 0.25) is 0 Å². The molecule has 4 aromatic carbocycles. The largest absolute Gasteiger partial charge is 0.507 e. The summed E-state index contributed by atoms with van der Waals surface area (Å²) in [6.07, 6.45) is 1.96. The lowest BCUT2D eigenvalue weighted by molar-refractivity contribution is 0.444. The molecule has 0 aliphatic heterocycles. The standard InChI is InChI=1S/C31H34NOP/c1-4-31(5-2,28-21-14-15-24(3)30(28)33)34-29-22-13-12-16-25(29)23-32(26-17-8-6-9-18-26)27-19-10-7-11-20-27/h6-22,33-34H,4-5,23H2,1-3H3. The van der Waals surface area contributed by atoms with E-state index in [1.165, 1.54) is 22.2 Å². The Morgan fingerprint density at radius 3 is 1.85 bits per heavy atom. The van der Waals surface area contributed by atoms with Crippen LogP contribution in [0.1, 0.15) is 43.4 Å². The Hall–Kier alpha value is -3.09. The summed E-state index contributed by atoms with van der Waals surface area (Å²) in [4.78, 5) is 2.38. The predicted octanol–water partition coefficient (Wildman–Crippen LogP) is 8.06. The quantitative estimate of drug-likeness (QED) is 0.252. The third-order valence-electron chi connectivity index (χ3n) is 6.82. The fourth-order valence-electron chi connectivity index (χ4n) is 4.68. The van der Waals surface area contributed by atoms with Gasteiger partial charge in [0.25, 0.3) is 0 Å². The van der Waals surface area contributed by atoms with Crippen molar-refractivity contribution in [1.29, 1.82) is 0 Å². The van der Waals surface area contributed by atoms with Gasteiger partial charge in [-0.2, -0.15) is 0 Å². The van der Waals surface area contributed by atoms with Gasteiger partial charge in [0.1, 0.15) is 5.75 Å². The summed E-state index contributed by atoms with van der Waals surface area (Å²) in [5.41, 5.74) is 5.71. The zero-order valence-corrected chi connectivity index (χ0v) is 21.3. The lowest BCUT2D eigenvalue weighted by Gasteiger charge is -2.35. The molecule has 0 amide bonds. The van der Waals surface area contributed by atoms with E-state index in [0.717, 1.165) is 30.5 Å². The van der Waals surface area contributed by atoms with Crippen molar-refractivity contribution in [3.63, 3.8) is 0 Å². The van der Waals surface area contributed by atoms with Crippen LogP contribution in [0.3, 0.4) is 0 Å². The van der Waals surface area contributed by atoms with E-state index in [0.29, 0.717) is 14.3 Å². The summed E-state index contributed by atoms with van der Waals surface area (Å²) in [6, 6.07) is 36.2. The molecule has 0 saturated carbocycles. The first-order valence-corrected chi connectivity index (χ1v) is 13.1. The molecule has 1 atom stereocenters. The molecule has 4 aromatic rings. The molecule has 34 heavy (non-hydrogen) atoms. The fourth-order valence-corrected chi connectivity index (χ4v) is 6.38. The normalized spacial score (nSPS) is 11.7. The first-order chi connectivity index (χ1) is 16.6. The number of anilines is 2. The summed E-state index contributed by atoms with van der Waals surface area (Å²) >= 11 is 0. The van der Waals surface area contributed by atoms with Gasteiger partial charge < -0.3 is 10.0 Å². The zero-order chi connectivity index (χ0) is 24.0. The molecule has 2 nitrogen and oxygen atoms in total. The highest BCUT2D eigenvalue weighted by Gasteiger charge is 2.32. The van der Waals surface area contributed by atoms with Crippen molar-refractivity contribution in [3.05, 3.63) is 120 Å². The molecule has 0 spiro atoms. The molecule has 174 valence electrons. The van der Waals surface area contributed by atoms with Crippen LogP contribution < -0.4 is 10.2 Å². The van der Waals surface area contributed by atoms with Crippen molar-refractivity contribution in [3.8, 4) is 5.75 Å². The van der Waals surface area contributed by atoms with Gasteiger partial charge in [0.05, 0.1) is 0 Å². The van der Waals surface area contributed by atoms with Gasteiger partial charge in [-0.1, -0.05) is 101 Å². The van der Waals surface area contributed by atoms with Gasteiger partial charge in [-0.05, 0) is 60.5 Å². The maximum atomic E-state index is 11.0. The summed E-state index contributed by atoms with van der Waals surface area (Å²) in [6.45, 7) is 7.28. The third kappa shape index (κ3) is 5.03. The van der Waals surface area contributed by atoms with E-state index < -0.39 is 0 Å². The highest BCUT2D eigenvalue weighted by Crippen LogP contribution is 2.50. The van der Waals surface area contributed by atoms with Crippen LogP contribution in [0.25, 0.3) is 0 Å². The number of hydrogen-bond donors (Lipinski definition) is 1. The van der Waals surface area contributed by atoms with Crippen LogP contribution in [-0.2, 0) is 11.7 Å². The Kier molecular flexibility index (Phi) is 7.70. The number of aromatic hydroxyl groups is 1. The number of para-hydroxylation sites is 3. The van der Waals surface area contributed by atoms with Gasteiger partial charge in [-0.15, -0.1) is 0 Å². The molecule has 0 aliphatic carbocycles. The van der Waals surface area contributed by atoms with Crippen molar-refractivity contribution in [1.82, 2.24) is 0 Å². The minimum atomic E-state index is -0.0868. The Morgan fingerprint density at radius 1 is 0.706 bits per heavy atom. The molecule has 0 fully saturated rings. The molecule has 0 radical (unpaired) electrons. The van der Waals surface area contributed by atoms with Crippen molar-refractivity contribution < 1.29 is 5.11 Å². The average molecular weight is 468 g/mol. The zero-order valence-electron chi connectivity index (χ0n) is 20.3. The van der Waals surface area contributed by atoms with Gasteiger partial charge in [-0.25, -0.2) is 0 Å². The molecule has 4 rings (SSSR count). The van der Waals surface area contributed by atoms with Crippen LogP contribution in [0.4, 0.5) is 11.4 Å². The molecular weight excluding hydrogens is 433 g/mol. The molecule has 1 N–H and O–H groups in total. The Labute approximate surface area is 206 Å².